The average molecular weight is 439 g/mol. The van der Waals surface area contributed by atoms with Gasteiger partial charge < -0.3 is 20.5 Å². The van der Waals surface area contributed by atoms with Crippen LogP contribution in [0.2, 0.25) is 0 Å². The second kappa shape index (κ2) is 10.8. The molecule has 3 rings (SSSR count). The Morgan fingerprint density at radius 3 is 2.16 bits per heavy atom. The summed E-state index contributed by atoms with van der Waals surface area (Å²) in [5.41, 5.74) is 4.63. The van der Waals surface area contributed by atoms with Crippen molar-refractivity contribution in [2.24, 2.45) is 5.92 Å². The molecule has 1 atom stereocenters. The van der Waals surface area contributed by atoms with Crippen LogP contribution < -0.4 is 10.6 Å². The summed E-state index contributed by atoms with van der Waals surface area (Å²) in [4.78, 5) is 35.4. The first-order valence-electron chi connectivity index (χ1n) is 11.0. The van der Waals surface area contributed by atoms with Crippen LogP contribution in [0.3, 0.4) is 0 Å². The molecule has 1 aliphatic carbocycles. The average Bonchev–Trinajstić information content (AvgIpc) is 3.08. The molecule has 0 saturated carbocycles. The second-order valence-electron chi connectivity index (χ2n) is 8.44. The standard InChI is InChI=1S/C25H30N2O5/c1-16(2)14-22(24(29)30)27-23(28)12-7-13-26-25(31)32-15-21-19-10-5-3-8-17(19)18-9-4-6-11-20(18)21/h3-6,8-11,16,21-22H,7,12-15H2,1-2H3,(H,26,31)(H,27,28)(H,29,30)/t22-/m1/s1. The number of carbonyl (C=O) groups excluding carboxylic acids is 2. The highest BCUT2D eigenvalue weighted by Crippen LogP contribution is 2.44. The number of alkyl carbamates (subject to hydrolysis) is 1. The number of amides is 2. The topological polar surface area (TPSA) is 105 Å². The molecule has 1 aliphatic rings. The van der Waals surface area contributed by atoms with E-state index in [2.05, 4.69) is 34.9 Å². The molecule has 2 amide bonds. The fraction of sp³-hybridized carbons (Fsp3) is 0.400. The number of carbonyl (C=O) groups is 3. The molecule has 0 radical (unpaired) electrons. The predicted molar refractivity (Wildman–Crippen MR) is 121 cm³/mol. The summed E-state index contributed by atoms with van der Waals surface area (Å²) in [5.74, 6) is -1.23. The monoisotopic (exact) mass is 438 g/mol. The van der Waals surface area contributed by atoms with Crippen LogP contribution in [-0.2, 0) is 14.3 Å². The highest BCUT2D eigenvalue weighted by molar-refractivity contribution is 5.83. The third-order valence-electron chi connectivity index (χ3n) is 5.53. The smallest absolute Gasteiger partial charge is 0.407 e. The van der Waals surface area contributed by atoms with E-state index < -0.39 is 18.1 Å². The molecule has 3 N–H and O–H groups in total. The highest BCUT2D eigenvalue weighted by Gasteiger charge is 2.29. The number of fused-ring (bicyclic) bond motifs is 3. The van der Waals surface area contributed by atoms with E-state index in [-0.39, 0.29) is 37.3 Å². The molecule has 0 unspecified atom stereocenters. The van der Waals surface area contributed by atoms with Gasteiger partial charge in [-0.2, -0.15) is 0 Å². The van der Waals surface area contributed by atoms with Gasteiger partial charge >= 0.3 is 12.1 Å². The molecule has 2 aromatic rings. The zero-order chi connectivity index (χ0) is 23.1. The van der Waals surface area contributed by atoms with Crippen LogP contribution in [0.15, 0.2) is 48.5 Å². The second-order valence-corrected chi connectivity index (χ2v) is 8.44. The molecular weight excluding hydrogens is 408 g/mol. The molecule has 0 saturated heterocycles. The molecule has 2 aromatic carbocycles. The number of nitrogens with one attached hydrogen (secondary N) is 2. The maximum atomic E-state index is 12.1. The first-order chi connectivity index (χ1) is 15.4. The van der Waals surface area contributed by atoms with Crippen LogP contribution in [0.5, 0.6) is 0 Å². The van der Waals surface area contributed by atoms with Crippen LogP contribution in [0.25, 0.3) is 11.1 Å². The van der Waals surface area contributed by atoms with Crippen molar-refractivity contribution in [2.75, 3.05) is 13.2 Å². The summed E-state index contributed by atoms with van der Waals surface area (Å²) >= 11 is 0. The molecule has 32 heavy (non-hydrogen) atoms. The van der Waals surface area contributed by atoms with Crippen LogP contribution in [0.4, 0.5) is 4.79 Å². The molecule has 170 valence electrons. The van der Waals surface area contributed by atoms with Crippen molar-refractivity contribution in [3.8, 4) is 11.1 Å². The number of aliphatic carboxylic acids is 1. The number of carboxylic acid groups (broad SMARTS) is 1. The van der Waals surface area contributed by atoms with Gasteiger partial charge in [0.15, 0.2) is 0 Å². The third kappa shape index (κ3) is 5.87. The minimum Gasteiger partial charge on any atom is -0.480 e. The van der Waals surface area contributed by atoms with Crippen molar-refractivity contribution in [1.82, 2.24) is 10.6 Å². The predicted octanol–water partition coefficient (Wildman–Crippen LogP) is 3.92. The number of rotatable bonds is 10. The Bertz CT molecular complexity index is 927. The number of carboxylic acids is 1. The Balaban J connectivity index is 1.42. The minimum atomic E-state index is -1.04. The van der Waals surface area contributed by atoms with Crippen LogP contribution >= 0.6 is 0 Å². The van der Waals surface area contributed by atoms with Gasteiger partial charge in [0.25, 0.3) is 0 Å². The number of ether oxygens (including phenoxy) is 1. The van der Waals surface area contributed by atoms with E-state index in [1.165, 1.54) is 11.1 Å². The Morgan fingerprint density at radius 1 is 1.00 bits per heavy atom. The summed E-state index contributed by atoms with van der Waals surface area (Å²) in [6.07, 6.45) is 0.366. The molecule has 0 bridgehead atoms. The molecule has 7 nitrogen and oxygen atoms in total. The lowest BCUT2D eigenvalue weighted by atomic mass is 9.98. The summed E-state index contributed by atoms with van der Waals surface area (Å²) in [6.45, 7) is 4.31. The van der Waals surface area contributed by atoms with E-state index in [1.54, 1.807) is 0 Å². The lowest BCUT2D eigenvalue weighted by Crippen LogP contribution is -2.41. The molecule has 7 heteroatoms. The minimum absolute atomic E-state index is 0.00663. The Hall–Kier alpha value is -3.35. The quantitative estimate of drug-likeness (QED) is 0.488. The van der Waals surface area contributed by atoms with Crippen molar-refractivity contribution < 1.29 is 24.2 Å². The van der Waals surface area contributed by atoms with Gasteiger partial charge in [0, 0.05) is 18.9 Å². The molecule has 0 heterocycles. The Labute approximate surface area is 188 Å². The normalized spacial score (nSPS) is 13.2. The largest absolute Gasteiger partial charge is 0.480 e. The number of hydrogen-bond donors (Lipinski definition) is 3. The van der Waals surface area contributed by atoms with Gasteiger partial charge in [-0.3, -0.25) is 4.79 Å². The zero-order valence-electron chi connectivity index (χ0n) is 18.5. The van der Waals surface area contributed by atoms with E-state index in [0.29, 0.717) is 12.8 Å². The van der Waals surface area contributed by atoms with Crippen molar-refractivity contribution in [3.63, 3.8) is 0 Å². The van der Waals surface area contributed by atoms with Crippen LogP contribution in [0, 0.1) is 5.92 Å². The van der Waals surface area contributed by atoms with Gasteiger partial charge in [-0.05, 0) is 41.0 Å². The fourth-order valence-electron chi connectivity index (χ4n) is 4.05. The maximum absolute atomic E-state index is 12.1. The Kier molecular flexibility index (Phi) is 7.87. The number of hydrogen-bond acceptors (Lipinski definition) is 4. The molecular formula is C25H30N2O5. The van der Waals surface area contributed by atoms with Gasteiger partial charge in [-0.1, -0.05) is 62.4 Å². The summed E-state index contributed by atoms with van der Waals surface area (Å²) in [6, 6.07) is 15.4. The van der Waals surface area contributed by atoms with E-state index in [4.69, 9.17) is 4.74 Å². The van der Waals surface area contributed by atoms with Crippen molar-refractivity contribution >= 4 is 18.0 Å². The van der Waals surface area contributed by atoms with Crippen LogP contribution in [0.1, 0.15) is 50.2 Å². The third-order valence-corrected chi connectivity index (χ3v) is 5.53. The maximum Gasteiger partial charge on any atom is 0.407 e. The SMILES string of the molecule is CC(C)C[C@@H](NC(=O)CCCNC(=O)OCC1c2ccccc2-c2ccccc21)C(=O)O. The van der Waals surface area contributed by atoms with E-state index >= 15 is 0 Å². The van der Waals surface area contributed by atoms with Crippen molar-refractivity contribution in [3.05, 3.63) is 59.7 Å². The van der Waals surface area contributed by atoms with E-state index in [0.717, 1.165) is 11.1 Å². The lowest BCUT2D eigenvalue weighted by Gasteiger charge is -2.16. The van der Waals surface area contributed by atoms with Crippen molar-refractivity contribution in [1.29, 1.82) is 0 Å². The summed E-state index contributed by atoms with van der Waals surface area (Å²) < 4.78 is 5.46. The highest BCUT2D eigenvalue weighted by atomic mass is 16.5. The van der Waals surface area contributed by atoms with Gasteiger partial charge in [0.1, 0.15) is 12.6 Å². The first kappa shape index (κ1) is 23.3. The van der Waals surface area contributed by atoms with E-state index in [9.17, 15) is 19.5 Å². The fourth-order valence-corrected chi connectivity index (χ4v) is 4.05. The van der Waals surface area contributed by atoms with Gasteiger partial charge in [0.2, 0.25) is 5.91 Å². The molecule has 0 fully saturated rings. The molecule has 0 aliphatic heterocycles. The molecule has 0 spiro atoms. The van der Waals surface area contributed by atoms with Gasteiger partial charge in [-0.15, -0.1) is 0 Å². The zero-order valence-corrected chi connectivity index (χ0v) is 18.5. The Morgan fingerprint density at radius 2 is 1.59 bits per heavy atom. The summed E-state index contributed by atoms with van der Waals surface area (Å²) in [7, 11) is 0. The summed E-state index contributed by atoms with van der Waals surface area (Å²) in [5, 5.41) is 14.4. The van der Waals surface area contributed by atoms with Crippen molar-refractivity contribution in [2.45, 2.75) is 45.1 Å². The van der Waals surface area contributed by atoms with Gasteiger partial charge in [-0.25, -0.2) is 9.59 Å². The van der Waals surface area contributed by atoms with Gasteiger partial charge in [0.05, 0.1) is 0 Å². The lowest BCUT2D eigenvalue weighted by molar-refractivity contribution is -0.142. The van der Waals surface area contributed by atoms with E-state index in [1.807, 2.05) is 38.1 Å². The van der Waals surface area contributed by atoms with Crippen LogP contribution in [-0.4, -0.2) is 42.3 Å². The number of benzene rings is 2. The first-order valence-corrected chi connectivity index (χ1v) is 11.0. The molecule has 0 aromatic heterocycles.